The van der Waals surface area contributed by atoms with Crippen LogP contribution in [0.15, 0.2) is 121 Å². The average molecular weight is 634 g/mol. The van der Waals surface area contributed by atoms with E-state index in [1.54, 1.807) is 18.7 Å². The first-order valence-corrected chi connectivity index (χ1v) is 13.2. The second kappa shape index (κ2) is 15.0. The highest BCUT2D eigenvalue weighted by atomic mass is 79.9. The number of Topliss-reactive ketones (excluding diaryl/α,β-unsaturated/α-hetero) is 2. The maximum absolute atomic E-state index is 12.2. The third kappa shape index (κ3) is 11.4. The molecule has 4 rings (SSSR count). The van der Waals surface area contributed by atoms with Crippen LogP contribution in [-0.2, 0) is 0 Å². The van der Waals surface area contributed by atoms with Crippen molar-refractivity contribution in [3.05, 3.63) is 123 Å². The van der Waals surface area contributed by atoms with Crippen LogP contribution in [0.1, 0.15) is 34.6 Å². The van der Waals surface area contributed by atoms with Crippen molar-refractivity contribution in [2.75, 3.05) is 0 Å². The minimum Gasteiger partial charge on any atom is -0.295 e. The number of thiol groups is 1. The van der Waals surface area contributed by atoms with Crippen molar-refractivity contribution in [2.24, 2.45) is 0 Å². The first kappa shape index (κ1) is 29.0. The van der Waals surface area contributed by atoms with Crippen molar-refractivity contribution >= 4 is 67.8 Å². The van der Waals surface area contributed by atoms with E-state index in [-0.39, 0.29) is 17.4 Å². The molecule has 0 aromatic heterocycles. The molecule has 0 atom stereocenters. The van der Waals surface area contributed by atoms with Crippen LogP contribution in [0.5, 0.6) is 0 Å². The van der Waals surface area contributed by atoms with Crippen LogP contribution in [-0.4, -0.2) is 11.6 Å². The summed E-state index contributed by atoms with van der Waals surface area (Å²) in [5.41, 5.74) is 1.30. The fraction of sp³-hybridized carbons (Fsp3) is 0.0714. The summed E-state index contributed by atoms with van der Waals surface area (Å²) in [5.74, 6) is -0.254. The highest BCUT2D eigenvalue weighted by molar-refractivity contribution is 9.10. The topological polar surface area (TPSA) is 34.1 Å². The molecule has 0 unspecified atom stereocenters. The monoisotopic (exact) mass is 632 g/mol. The van der Waals surface area contributed by atoms with Crippen LogP contribution >= 0.6 is 56.3 Å². The lowest BCUT2D eigenvalue weighted by Gasteiger charge is -2.02. The average Bonchev–Trinajstić information content (AvgIpc) is 2.84. The van der Waals surface area contributed by atoms with Crippen LogP contribution in [0.4, 0.5) is 4.39 Å². The van der Waals surface area contributed by atoms with Gasteiger partial charge in [0.25, 0.3) is 0 Å². The molecular weight excluding hydrogens is 611 g/mol. The summed E-state index contributed by atoms with van der Waals surface area (Å²) in [6.45, 7) is 3.03. The number of hydrogen-bond donors (Lipinski definition) is 1. The van der Waals surface area contributed by atoms with E-state index in [0.717, 1.165) is 24.3 Å². The van der Waals surface area contributed by atoms with Crippen LogP contribution in [0.2, 0.25) is 0 Å². The van der Waals surface area contributed by atoms with Gasteiger partial charge in [0.15, 0.2) is 11.6 Å². The van der Waals surface area contributed by atoms with Crippen molar-refractivity contribution in [1.29, 1.82) is 0 Å². The molecule has 2 nitrogen and oxygen atoms in total. The third-order valence-electron chi connectivity index (χ3n) is 4.39. The molecule has 0 spiro atoms. The molecule has 4 aromatic carbocycles. The Morgan fingerprint density at radius 3 is 1.34 bits per heavy atom. The van der Waals surface area contributed by atoms with Gasteiger partial charge in [-0.2, -0.15) is 0 Å². The van der Waals surface area contributed by atoms with Gasteiger partial charge >= 0.3 is 0 Å². The van der Waals surface area contributed by atoms with Gasteiger partial charge in [0.2, 0.25) is 0 Å². The second-order valence-electron chi connectivity index (χ2n) is 7.18. The van der Waals surface area contributed by atoms with Gasteiger partial charge in [-0.15, -0.1) is 12.6 Å². The van der Waals surface area contributed by atoms with Gasteiger partial charge in [0.1, 0.15) is 5.82 Å². The van der Waals surface area contributed by atoms with Gasteiger partial charge < -0.3 is 0 Å². The SMILES string of the molecule is CC(=O)c1ccc(F)cc1.CC(=O)c1ccc(Sc2ccc(Br)cc2)cc1.Sc1ccc(Br)cc1. The number of carbonyl (C=O) groups excluding carboxylic acids is 2. The van der Waals surface area contributed by atoms with E-state index in [1.165, 1.54) is 36.1 Å². The van der Waals surface area contributed by atoms with E-state index in [2.05, 4.69) is 56.6 Å². The molecule has 0 heterocycles. The largest absolute Gasteiger partial charge is 0.295 e. The van der Waals surface area contributed by atoms with Gasteiger partial charge in [-0.1, -0.05) is 55.8 Å². The molecule has 0 saturated carbocycles. The fourth-order valence-electron chi connectivity index (χ4n) is 2.52. The second-order valence-corrected chi connectivity index (χ2v) is 10.7. The molecule has 0 aliphatic rings. The molecule has 0 saturated heterocycles. The van der Waals surface area contributed by atoms with E-state index in [4.69, 9.17) is 0 Å². The highest BCUT2D eigenvalue weighted by Crippen LogP contribution is 2.28. The quantitative estimate of drug-likeness (QED) is 0.179. The summed E-state index contributed by atoms with van der Waals surface area (Å²) in [5, 5.41) is 0. The summed E-state index contributed by atoms with van der Waals surface area (Å²) < 4.78 is 14.4. The minimum atomic E-state index is -0.315. The maximum atomic E-state index is 12.2. The minimum absolute atomic E-state index is 0.0417. The summed E-state index contributed by atoms with van der Waals surface area (Å²) in [4.78, 5) is 25.1. The van der Waals surface area contributed by atoms with Crippen LogP contribution in [0, 0.1) is 5.82 Å². The Labute approximate surface area is 232 Å². The molecule has 35 heavy (non-hydrogen) atoms. The van der Waals surface area contributed by atoms with Crippen molar-refractivity contribution in [1.82, 2.24) is 0 Å². The Balaban J connectivity index is 0.000000204. The van der Waals surface area contributed by atoms with Crippen molar-refractivity contribution in [3.8, 4) is 0 Å². The predicted molar refractivity (Wildman–Crippen MR) is 153 cm³/mol. The first-order valence-electron chi connectivity index (χ1n) is 10.4. The number of carbonyl (C=O) groups is 2. The van der Waals surface area contributed by atoms with Gasteiger partial charge in [-0.25, -0.2) is 4.39 Å². The van der Waals surface area contributed by atoms with Gasteiger partial charge in [0.05, 0.1) is 0 Å². The van der Waals surface area contributed by atoms with Gasteiger partial charge in [-0.05, 0) is 98.8 Å². The van der Waals surface area contributed by atoms with E-state index in [1.807, 2.05) is 60.7 Å². The van der Waals surface area contributed by atoms with Gasteiger partial charge in [-0.3, -0.25) is 9.59 Å². The van der Waals surface area contributed by atoms with Crippen LogP contribution < -0.4 is 0 Å². The van der Waals surface area contributed by atoms with E-state index in [0.29, 0.717) is 5.56 Å². The van der Waals surface area contributed by atoms with Crippen molar-refractivity contribution in [2.45, 2.75) is 28.5 Å². The van der Waals surface area contributed by atoms with Gasteiger partial charge in [0, 0.05) is 34.8 Å². The normalized spacial score (nSPS) is 9.77. The van der Waals surface area contributed by atoms with E-state index in [9.17, 15) is 14.0 Å². The summed E-state index contributed by atoms with van der Waals surface area (Å²) in [7, 11) is 0. The molecule has 0 aliphatic heterocycles. The molecule has 0 fully saturated rings. The summed E-state index contributed by atoms with van der Waals surface area (Å²) in [6, 6.07) is 29.1. The number of benzene rings is 4. The summed E-state index contributed by atoms with van der Waals surface area (Å²) in [6.07, 6.45) is 0. The van der Waals surface area contributed by atoms with Crippen molar-refractivity contribution < 1.29 is 14.0 Å². The zero-order chi connectivity index (χ0) is 25.8. The Bertz CT molecular complexity index is 1210. The zero-order valence-corrected chi connectivity index (χ0v) is 23.9. The number of ketones is 2. The lowest BCUT2D eigenvalue weighted by molar-refractivity contribution is 0.100. The molecule has 0 aliphatic carbocycles. The Hall–Kier alpha value is -2.19. The molecule has 0 radical (unpaired) electrons. The molecule has 0 N–H and O–H groups in total. The highest BCUT2D eigenvalue weighted by Gasteiger charge is 2.01. The Kier molecular flexibility index (Phi) is 12.5. The smallest absolute Gasteiger partial charge is 0.159 e. The first-order chi connectivity index (χ1) is 16.6. The van der Waals surface area contributed by atoms with Crippen LogP contribution in [0.25, 0.3) is 0 Å². The third-order valence-corrected chi connectivity index (χ3v) is 6.76. The standard InChI is InChI=1S/C14H11BrOS.C8H7FO.C6H5BrS/c1-10(16)11-2-6-13(7-3-11)17-14-8-4-12(15)5-9-14;1-6(10)7-2-4-8(9)5-3-7;7-5-1-3-6(8)4-2-5/h2-9H,1H3;2-5H,1H3;1-4,8H. The number of hydrogen-bond acceptors (Lipinski definition) is 4. The molecule has 7 heteroatoms. The van der Waals surface area contributed by atoms with E-state index < -0.39 is 0 Å². The van der Waals surface area contributed by atoms with Crippen LogP contribution in [0.3, 0.4) is 0 Å². The predicted octanol–water partition coefficient (Wildman–Crippen LogP) is 9.57. The number of halogens is 3. The number of rotatable bonds is 4. The maximum Gasteiger partial charge on any atom is 0.159 e. The lowest BCUT2D eigenvalue weighted by Crippen LogP contribution is -1.90. The Morgan fingerprint density at radius 1 is 0.629 bits per heavy atom. The molecule has 4 aromatic rings. The molecule has 180 valence electrons. The Morgan fingerprint density at radius 2 is 0.971 bits per heavy atom. The molecule has 0 bridgehead atoms. The zero-order valence-electron chi connectivity index (χ0n) is 19.0. The summed E-state index contributed by atoms with van der Waals surface area (Å²) >= 11 is 12.5. The van der Waals surface area contributed by atoms with Crippen molar-refractivity contribution in [3.63, 3.8) is 0 Å². The molecular formula is C28H23Br2FO2S2. The fourth-order valence-corrected chi connectivity index (χ4v) is 4.02. The molecule has 0 amide bonds. The lowest BCUT2D eigenvalue weighted by atomic mass is 10.1. The van der Waals surface area contributed by atoms with E-state index >= 15 is 0 Å².